The number of nitrogens with zero attached hydrogens (tertiary/aromatic N) is 2. The van der Waals surface area contributed by atoms with Crippen LogP contribution in [0.25, 0.3) is 10.9 Å². The molecule has 2 aromatic carbocycles. The Hall–Kier alpha value is -2.70. The summed E-state index contributed by atoms with van der Waals surface area (Å²) in [5.74, 6) is -0.0988. The van der Waals surface area contributed by atoms with Gasteiger partial charge in [0.05, 0.1) is 29.5 Å². The average Bonchev–Trinajstić information content (AvgIpc) is 3.15. The number of carbonyl (C=O) groups excluding carboxylic acids is 1. The van der Waals surface area contributed by atoms with Gasteiger partial charge in [-0.2, -0.15) is 5.10 Å². The fraction of sp³-hybridized carbons (Fsp3) is 0.364. The first-order valence-electron chi connectivity index (χ1n) is 9.75. The molecule has 1 amide bonds. The summed E-state index contributed by atoms with van der Waals surface area (Å²) in [5, 5.41) is 10.9. The van der Waals surface area contributed by atoms with Crippen LogP contribution >= 0.6 is 0 Å². The zero-order valence-corrected chi connectivity index (χ0v) is 16.3. The predicted molar refractivity (Wildman–Crippen MR) is 109 cm³/mol. The van der Waals surface area contributed by atoms with E-state index in [-0.39, 0.29) is 18.1 Å². The molecule has 146 valence electrons. The van der Waals surface area contributed by atoms with Crippen molar-refractivity contribution >= 4 is 16.8 Å². The molecule has 1 aliphatic heterocycles. The van der Waals surface area contributed by atoms with E-state index in [1.54, 1.807) is 6.20 Å². The molecule has 2 heterocycles. The lowest BCUT2D eigenvalue weighted by Gasteiger charge is -2.35. The number of amides is 1. The Morgan fingerprint density at radius 3 is 2.68 bits per heavy atom. The minimum atomic E-state index is -0.0988. The fourth-order valence-electron chi connectivity index (χ4n) is 3.97. The molecule has 1 saturated heterocycles. The third-order valence-electron chi connectivity index (χ3n) is 5.17. The van der Waals surface area contributed by atoms with Gasteiger partial charge in [-0.15, -0.1) is 0 Å². The van der Waals surface area contributed by atoms with Gasteiger partial charge in [0, 0.05) is 31.6 Å². The molecule has 1 aromatic heterocycles. The third kappa shape index (κ3) is 4.08. The second kappa shape index (κ2) is 8.12. The molecule has 0 unspecified atom stereocenters. The van der Waals surface area contributed by atoms with E-state index in [4.69, 9.17) is 4.74 Å². The molecular formula is C22H26N4O2. The monoisotopic (exact) mass is 378 g/mol. The van der Waals surface area contributed by atoms with Crippen LogP contribution in [0.15, 0.2) is 48.7 Å². The van der Waals surface area contributed by atoms with Crippen molar-refractivity contribution < 1.29 is 9.53 Å². The number of carbonyl (C=O) groups is 1. The van der Waals surface area contributed by atoms with Crippen LogP contribution in [-0.2, 0) is 17.8 Å². The molecule has 0 saturated carbocycles. The van der Waals surface area contributed by atoms with Crippen LogP contribution in [0.1, 0.15) is 35.3 Å². The molecular weight excluding hydrogens is 352 g/mol. The van der Waals surface area contributed by atoms with Gasteiger partial charge in [-0.05, 0) is 31.0 Å². The zero-order chi connectivity index (χ0) is 19.5. The predicted octanol–water partition coefficient (Wildman–Crippen LogP) is 3.10. The number of H-pyrrole nitrogens is 1. The Kier molecular flexibility index (Phi) is 5.41. The van der Waals surface area contributed by atoms with E-state index in [2.05, 4.69) is 52.5 Å². The first-order valence-corrected chi connectivity index (χ1v) is 9.75. The molecule has 28 heavy (non-hydrogen) atoms. The number of para-hydroxylation sites is 1. The quantitative estimate of drug-likeness (QED) is 0.716. The topological polar surface area (TPSA) is 70.2 Å². The van der Waals surface area contributed by atoms with E-state index in [1.807, 2.05) is 24.3 Å². The lowest BCUT2D eigenvalue weighted by Crippen LogP contribution is -2.45. The first-order chi connectivity index (χ1) is 13.6. The van der Waals surface area contributed by atoms with Crippen molar-refractivity contribution in [1.29, 1.82) is 0 Å². The van der Waals surface area contributed by atoms with Crippen LogP contribution in [0.2, 0.25) is 0 Å². The second-order valence-corrected chi connectivity index (χ2v) is 7.54. The normalized spacial score (nSPS) is 20.4. The highest BCUT2D eigenvalue weighted by molar-refractivity contribution is 6.05. The van der Waals surface area contributed by atoms with E-state index in [1.165, 1.54) is 5.56 Å². The number of benzene rings is 2. The molecule has 6 nitrogen and oxygen atoms in total. The molecule has 4 rings (SSSR count). The summed E-state index contributed by atoms with van der Waals surface area (Å²) in [6.45, 7) is 7.44. The molecule has 2 N–H and O–H groups in total. The van der Waals surface area contributed by atoms with Crippen LogP contribution < -0.4 is 5.32 Å². The van der Waals surface area contributed by atoms with Crippen molar-refractivity contribution in [3.05, 3.63) is 65.4 Å². The molecule has 0 aliphatic carbocycles. The van der Waals surface area contributed by atoms with Gasteiger partial charge in [-0.3, -0.25) is 14.8 Å². The van der Waals surface area contributed by atoms with E-state index in [9.17, 15) is 4.79 Å². The lowest BCUT2D eigenvalue weighted by molar-refractivity contribution is -0.0705. The summed E-state index contributed by atoms with van der Waals surface area (Å²) in [6, 6.07) is 13.9. The maximum Gasteiger partial charge on any atom is 0.253 e. The van der Waals surface area contributed by atoms with Crippen molar-refractivity contribution in [3.8, 4) is 0 Å². The summed E-state index contributed by atoms with van der Waals surface area (Å²) in [6.07, 6.45) is 2.21. The summed E-state index contributed by atoms with van der Waals surface area (Å²) in [4.78, 5) is 15.2. The minimum Gasteiger partial charge on any atom is -0.373 e. The van der Waals surface area contributed by atoms with Crippen LogP contribution in [-0.4, -0.2) is 46.3 Å². The molecule has 0 radical (unpaired) electrons. The minimum absolute atomic E-state index is 0.0988. The number of nitrogens with one attached hydrogen (secondary N) is 2. The number of aromatic nitrogens is 2. The van der Waals surface area contributed by atoms with Crippen molar-refractivity contribution in [3.63, 3.8) is 0 Å². The van der Waals surface area contributed by atoms with Crippen molar-refractivity contribution in [2.75, 3.05) is 13.1 Å². The molecule has 2 atom stereocenters. The van der Waals surface area contributed by atoms with Gasteiger partial charge in [0.1, 0.15) is 0 Å². The number of aromatic amines is 1. The molecule has 0 spiro atoms. The Morgan fingerprint density at radius 1 is 1.14 bits per heavy atom. The van der Waals surface area contributed by atoms with Crippen molar-refractivity contribution in [2.24, 2.45) is 0 Å². The van der Waals surface area contributed by atoms with Gasteiger partial charge in [0.25, 0.3) is 5.91 Å². The number of hydrogen-bond acceptors (Lipinski definition) is 4. The van der Waals surface area contributed by atoms with Crippen LogP contribution in [0.3, 0.4) is 0 Å². The fourth-order valence-corrected chi connectivity index (χ4v) is 3.97. The van der Waals surface area contributed by atoms with Crippen LogP contribution in [0.4, 0.5) is 0 Å². The third-order valence-corrected chi connectivity index (χ3v) is 5.17. The summed E-state index contributed by atoms with van der Waals surface area (Å²) in [7, 11) is 0. The number of rotatable bonds is 5. The zero-order valence-electron chi connectivity index (χ0n) is 16.3. The number of hydrogen-bond donors (Lipinski definition) is 2. The van der Waals surface area contributed by atoms with Crippen LogP contribution in [0.5, 0.6) is 0 Å². The van der Waals surface area contributed by atoms with Crippen molar-refractivity contribution in [2.45, 2.75) is 39.1 Å². The van der Waals surface area contributed by atoms with Gasteiger partial charge in [-0.1, -0.05) is 36.4 Å². The standard InChI is InChI=1S/C22H26N4O2/c1-15-12-26(13-16(2)28-15)14-19-7-4-3-6-17(19)10-23-22(27)20-9-5-8-18-11-24-25-21(18)20/h3-9,11,15-16H,10,12-14H2,1-2H3,(H,23,27)(H,24,25)/t15-,16+. The maximum atomic E-state index is 12.7. The van der Waals surface area contributed by atoms with Gasteiger partial charge in [0.2, 0.25) is 0 Å². The molecule has 0 bridgehead atoms. The number of ether oxygens (including phenoxy) is 1. The van der Waals surface area contributed by atoms with Gasteiger partial charge in [0.15, 0.2) is 0 Å². The van der Waals surface area contributed by atoms with E-state index < -0.39 is 0 Å². The highest BCUT2D eigenvalue weighted by Crippen LogP contribution is 2.18. The maximum absolute atomic E-state index is 12.7. The number of fused-ring (bicyclic) bond motifs is 1. The largest absolute Gasteiger partial charge is 0.373 e. The number of morpholine rings is 1. The lowest BCUT2D eigenvalue weighted by atomic mass is 10.1. The highest BCUT2D eigenvalue weighted by Gasteiger charge is 2.22. The summed E-state index contributed by atoms with van der Waals surface area (Å²) < 4.78 is 5.83. The van der Waals surface area contributed by atoms with Gasteiger partial charge in [-0.25, -0.2) is 0 Å². The first kappa shape index (κ1) is 18.7. The molecule has 1 aliphatic rings. The summed E-state index contributed by atoms with van der Waals surface area (Å²) in [5.41, 5.74) is 3.76. The van der Waals surface area contributed by atoms with E-state index in [0.717, 1.165) is 36.1 Å². The second-order valence-electron chi connectivity index (χ2n) is 7.54. The van der Waals surface area contributed by atoms with E-state index in [0.29, 0.717) is 12.1 Å². The average molecular weight is 378 g/mol. The smallest absolute Gasteiger partial charge is 0.253 e. The summed E-state index contributed by atoms with van der Waals surface area (Å²) >= 11 is 0. The molecule has 6 heteroatoms. The molecule has 3 aromatic rings. The van der Waals surface area contributed by atoms with Crippen molar-refractivity contribution in [1.82, 2.24) is 20.4 Å². The van der Waals surface area contributed by atoms with Crippen LogP contribution in [0, 0.1) is 0 Å². The molecule has 1 fully saturated rings. The Bertz CT molecular complexity index is 958. The Balaban J connectivity index is 1.45. The van der Waals surface area contributed by atoms with Gasteiger partial charge < -0.3 is 10.1 Å². The highest BCUT2D eigenvalue weighted by atomic mass is 16.5. The van der Waals surface area contributed by atoms with Gasteiger partial charge >= 0.3 is 0 Å². The Morgan fingerprint density at radius 2 is 1.89 bits per heavy atom. The SMILES string of the molecule is C[C@@H]1CN(Cc2ccccc2CNC(=O)c2cccc3cn[nH]c23)C[C@H](C)O1. The Labute approximate surface area is 164 Å². The van der Waals surface area contributed by atoms with E-state index >= 15 is 0 Å².